The number of benzene rings is 1. The van der Waals surface area contributed by atoms with Crippen LogP contribution in [0.4, 0.5) is 5.69 Å². The van der Waals surface area contributed by atoms with Crippen LogP contribution in [0.25, 0.3) is 0 Å². The highest BCUT2D eigenvalue weighted by atomic mass is 16.5. The first-order chi connectivity index (χ1) is 7.76. The molecule has 1 aliphatic rings. The number of nitrogens with two attached hydrogens (primary N) is 1. The standard InChI is InChI=1S/C13H19NO2/c1-3-15-11-7-10(14)8-12(16-4-2)13(11)9-5-6-9/h7-9H,3-6,14H2,1-2H3. The predicted octanol–water partition coefficient (Wildman–Crippen LogP) is 2.94. The van der Waals surface area contributed by atoms with Crippen LogP contribution in [0.1, 0.15) is 38.2 Å². The lowest BCUT2D eigenvalue weighted by atomic mass is 10.1. The summed E-state index contributed by atoms with van der Waals surface area (Å²) in [7, 11) is 0. The molecule has 2 N–H and O–H groups in total. The molecule has 3 nitrogen and oxygen atoms in total. The molecular weight excluding hydrogens is 202 g/mol. The van der Waals surface area contributed by atoms with Gasteiger partial charge in [-0.2, -0.15) is 0 Å². The van der Waals surface area contributed by atoms with E-state index in [9.17, 15) is 0 Å². The summed E-state index contributed by atoms with van der Waals surface area (Å²) in [5.74, 6) is 2.39. The lowest BCUT2D eigenvalue weighted by Gasteiger charge is -2.15. The first-order valence-electron chi connectivity index (χ1n) is 5.95. The summed E-state index contributed by atoms with van der Waals surface area (Å²) in [4.78, 5) is 0. The zero-order chi connectivity index (χ0) is 11.5. The topological polar surface area (TPSA) is 44.5 Å². The number of nitrogen functional groups attached to an aromatic ring is 1. The van der Waals surface area contributed by atoms with E-state index in [1.54, 1.807) is 0 Å². The van der Waals surface area contributed by atoms with E-state index in [1.165, 1.54) is 18.4 Å². The molecule has 0 aliphatic heterocycles. The van der Waals surface area contributed by atoms with Crippen LogP contribution in [-0.2, 0) is 0 Å². The van der Waals surface area contributed by atoms with Crippen molar-refractivity contribution in [2.24, 2.45) is 0 Å². The van der Waals surface area contributed by atoms with E-state index < -0.39 is 0 Å². The molecule has 0 unspecified atom stereocenters. The first-order valence-corrected chi connectivity index (χ1v) is 5.95. The van der Waals surface area contributed by atoms with E-state index in [2.05, 4.69) is 0 Å². The molecule has 16 heavy (non-hydrogen) atoms. The van der Waals surface area contributed by atoms with Crippen LogP contribution >= 0.6 is 0 Å². The van der Waals surface area contributed by atoms with Crippen LogP contribution in [0.5, 0.6) is 11.5 Å². The zero-order valence-corrected chi connectivity index (χ0v) is 9.95. The van der Waals surface area contributed by atoms with Gasteiger partial charge in [0, 0.05) is 23.4 Å². The SMILES string of the molecule is CCOc1cc(N)cc(OCC)c1C1CC1. The molecule has 88 valence electrons. The molecule has 0 bridgehead atoms. The third-order valence-electron chi connectivity index (χ3n) is 2.71. The van der Waals surface area contributed by atoms with Gasteiger partial charge in [-0.15, -0.1) is 0 Å². The molecule has 1 saturated carbocycles. The molecule has 0 aromatic heterocycles. The van der Waals surface area contributed by atoms with Gasteiger partial charge in [0.2, 0.25) is 0 Å². The molecule has 1 aromatic rings. The Hall–Kier alpha value is -1.38. The van der Waals surface area contributed by atoms with Crippen molar-refractivity contribution in [3.8, 4) is 11.5 Å². The van der Waals surface area contributed by atoms with Crippen molar-refractivity contribution in [1.29, 1.82) is 0 Å². The van der Waals surface area contributed by atoms with Crippen molar-refractivity contribution < 1.29 is 9.47 Å². The lowest BCUT2D eigenvalue weighted by Crippen LogP contribution is -2.02. The molecule has 0 amide bonds. The third kappa shape index (κ3) is 2.23. The minimum Gasteiger partial charge on any atom is -0.493 e. The van der Waals surface area contributed by atoms with E-state index >= 15 is 0 Å². The normalized spacial score (nSPS) is 14.9. The highest BCUT2D eigenvalue weighted by molar-refractivity contribution is 5.58. The van der Waals surface area contributed by atoms with E-state index in [4.69, 9.17) is 15.2 Å². The summed E-state index contributed by atoms with van der Waals surface area (Å²) in [6.07, 6.45) is 2.45. The fourth-order valence-electron chi connectivity index (χ4n) is 1.95. The van der Waals surface area contributed by atoms with Gasteiger partial charge in [-0.1, -0.05) is 0 Å². The Kier molecular flexibility index (Phi) is 3.22. The second-order valence-corrected chi connectivity index (χ2v) is 4.07. The summed E-state index contributed by atoms with van der Waals surface area (Å²) >= 11 is 0. The van der Waals surface area contributed by atoms with Gasteiger partial charge >= 0.3 is 0 Å². The van der Waals surface area contributed by atoms with Crippen molar-refractivity contribution in [3.63, 3.8) is 0 Å². The van der Waals surface area contributed by atoms with Crippen LogP contribution < -0.4 is 15.2 Å². The molecule has 0 spiro atoms. The van der Waals surface area contributed by atoms with Gasteiger partial charge in [-0.25, -0.2) is 0 Å². The Bertz CT molecular complexity index is 345. The summed E-state index contributed by atoms with van der Waals surface area (Å²) in [6, 6.07) is 3.80. The third-order valence-corrected chi connectivity index (χ3v) is 2.71. The molecule has 0 radical (unpaired) electrons. The fraction of sp³-hybridized carbons (Fsp3) is 0.538. The maximum Gasteiger partial charge on any atom is 0.128 e. The summed E-state index contributed by atoms with van der Waals surface area (Å²) < 4.78 is 11.3. The zero-order valence-electron chi connectivity index (χ0n) is 9.95. The fourth-order valence-corrected chi connectivity index (χ4v) is 1.95. The number of hydrogen-bond acceptors (Lipinski definition) is 3. The van der Waals surface area contributed by atoms with Gasteiger partial charge in [0.25, 0.3) is 0 Å². The van der Waals surface area contributed by atoms with E-state index in [-0.39, 0.29) is 0 Å². The smallest absolute Gasteiger partial charge is 0.128 e. The van der Waals surface area contributed by atoms with Gasteiger partial charge in [0.15, 0.2) is 0 Å². The molecule has 1 aliphatic carbocycles. The Labute approximate surface area is 96.5 Å². The quantitative estimate of drug-likeness (QED) is 0.777. The summed E-state index contributed by atoms with van der Waals surface area (Å²) in [5.41, 5.74) is 7.76. The second-order valence-electron chi connectivity index (χ2n) is 4.07. The monoisotopic (exact) mass is 221 g/mol. The Morgan fingerprint density at radius 3 is 2.00 bits per heavy atom. The highest BCUT2D eigenvalue weighted by Crippen LogP contribution is 2.49. The number of anilines is 1. The largest absolute Gasteiger partial charge is 0.493 e. The maximum absolute atomic E-state index is 5.85. The van der Waals surface area contributed by atoms with Crippen LogP contribution in [0, 0.1) is 0 Å². The highest BCUT2D eigenvalue weighted by Gasteiger charge is 2.30. The molecular formula is C13H19NO2. The van der Waals surface area contributed by atoms with Crippen LogP contribution in [-0.4, -0.2) is 13.2 Å². The van der Waals surface area contributed by atoms with Gasteiger partial charge in [-0.3, -0.25) is 0 Å². The average molecular weight is 221 g/mol. The molecule has 0 saturated heterocycles. The van der Waals surface area contributed by atoms with Gasteiger partial charge in [0.1, 0.15) is 11.5 Å². The predicted molar refractivity (Wildman–Crippen MR) is 65.2 cm³/mol. The molecule has 0 atom stereocenters. The van der Waals surface area contributed by atoms with E-state index in [0.717, 1.165) is 11.5 Å². The van der Waals surface area contributed by atoms with E-state index in [1.807, 2.05) is 26.0 Å². The maximum atomic E-state index is 5.85. The summed E-state index contributed by atoms with van der Waals surface area (Å²) in [5, 5.41) is 0. The van der Waals surface area contributed by atoms with Crippen LogP contribution in [0.3, 0.4) is 0 Å². The number of hydrogen-bond donors (Lipinski definition) is 1. The molecule has 2 rings (SSSR count). The van der Waals surface area contributed by atoms with Crippen LogP contribution in [0.15, 0.2) is 12.1 Å². The minimum atomic E-state index is 0.601. The van der Waals surface area contributed by atoms with Crippen molar-refractivity contribution in [2.75, 3.05) is 18.9 Å². The molecule has 1 fully saturated rings. The molecule has 1 aromatic carbocycles. The Morgan fingerprint density at radius 2 is 1.62 bits per heavy atom. The van der Waals surface area contributed by atoms with Gasteiger partial charge in [0.05, 0.1) is 13.2 Å². The average Bonchev–Trinajstić information content (AvgIpc) is 3.02. The first kappa shape index (κ1) is 11.1. The second kappa shape index (κ2) is 4.64. The van der Waals surface area contributed by atoms with Gasteiger partial charge in [-0.05, 0) is 32.6 Å². The summed E-state index contributed by atoms with van der Waals surface area (Å²) in [6.45, 7) is 5.30. The van der Waals surface area contributed by atoms with E-state index in [0.29, 0.717) is 24.8 Å². The Balaban J connectivity index is 2.40. The minimum absolute atomic E-state index is 0.601. The lowest BCUT2D eigenvalue weighted by molar-refractivity contribution is 0.317. The molecule has 0 heterocycles. The van der Waals surface area contributed by atoms with Crippen molar-refractivity contribution in [2.45, 2.75) is 32.6 Å². The van der Waals surface area contributed by atoms with Gasteiger partial charge < -0.3 is 15.2 Å². The number of ether oxygens (including phenoxy) is 2. The van der Waals surface area contributed by atoms with Crippen molar-refractivity contribution in [3.05, 3.63) is 17.7 Å². The Morgan fingerprint density at radius 1 is 1.12 bits per heavy atom. The van der Waals surface area contributed by atoms with Crippen LogP contribution in [0.2, 0.25) is 0 Å². The molecule has 3 heteroatoms. The van der Waals surface area contributed by atoms with Crippen molar-refractivity contribution >= 4 is 5.69 Å². The van der Waals surface area contributed by atoms with Crippen molar-refractivity contribution in [1.82, 2.24) is 0 Å². The number of rotatable bonds is 5.